The Bertz CT molecular complexity index is 489. The van der Waals surface area contributed by atoms with Gasteiger partial charge in [0.25, 0.3) is 0 Å². The number of imidazole rings is 1. The van der Waals surface area contributed by atoms with Crippen molar-refractivity contribution in [1.82, 2.24) is 19.8 Å². The second-order valence-electron chi connectivity index (χ2n) is 6.05. The highest BCUT2D eigenvalue weighted by Crippen LogP contribution is 2.32. The molecule has 1 aliphatic rings. The van der Waals surface area contributed by atoms with Crippen molar-refractivity contribution >= 4 is 0 Å². The Balaban J connectivity index is 2.47. The monoisotopic (exact) mass is 290 g/mol. The van der Waals surface area contributed by atoms with E-state index < -0.39 is 12.0 Å². The van der Waals surface area contributed by atoms with E-state index in [0.717, 1.165) is 0 Å². The van der Waals surface area contributed by atoms with Gasteiger partial charge < -0.3 is 14.8 Å². The van der Waals surface area contributed by atoms with Crippen molar-refractivity contribution in [3.05, 3.63) is 17.2 Å². The third-order valence-electron chi connectivity index (χ3n) is 4.00. The smallest absolute Gasteiger partial charge is 0.322 e. The molecule has 1 N–H and O–H groups in total. The Morgan fingerprint density at radius 2 is 1.95 bits per heavy atom. The summed E-state index contributed by atoms with van der Waals surface area (Å²) in [5, 5.41) is 3.06. The van der Waals surface area contributed by atoms with E-state index in [1.54, 1.807) is 0 Å². The van der Waals surface area contributed by atoms with Crippen molar-refractivity contribution in [2.75, 3.05) is 20.6 Å². The van der Waals surface area contributed by atoms with Crippen molar-refractivity contribution < 1.29 is 13.2 Å². The van der Waals surface area contributed by atoms with Gasteiger partial charge in [0.2, 0.25) is 5.82 Å². The maximum Gasteiger partial charge on any atom is 0.449 e. The number of nitrogens with one attached hydrogen (secondary N) is 1. The molecule has 114 valence electrons. The zero-order chi connectivity index (χ0) is 15.1. The maximum atomic E-state index is 13.2. The normalized spacial score (nSPS) is 16.6. The summed E-state index contributed by atoms with van der Waals surface area (Å²) in [7, 11) is 3.75. The van der Waals surface area contributed by atoms with Crippen molar-refractivity contribution in [2.45, 2.75) is 45.1 Å². The Kier molecular flexibility index (Phi) is 3.85. The van der Waals surface area contributed by atoms with E-state index in [1.807, 2.05) is 32.8 Å². The number of hydrogen-bond donors (Lipinski definition) is 1. The summed E-state index contributed by atoms with van der Waals surface area (Å²) in [6.07, 6.45) is -3.83. The molecule has 1 aliphatic heterocycles. The van der Waals surface area contributed by atoms with E-state index in [9.17, 15) is 13.2 Å². The highest BCUT2D eigenvalue weighted by molar-refractivity contribution is 5.22. The largest absolute Gasteiger partial charge is 0.449 e. The predicted molar refractivity (Wildman–Crippen MR) is 70.4 cm³/mol. The van der Waals surface area contributed by atoms with Crippen molar-refractivity contribution in [1.29, 1.82) is 0 Å². The van der Waals surface area contributed by atoms with Crippen LogP contribution in [0.3, 0.4) is 0 Å². The van der Waals surface area contributed by atoms with Gasteiger partial charge in [-0.1, -0.05) is 0 Å². The SMILES string of the molecule is CN(C)C(C)(C)Cn1c(C(F)(F)F)nc2c1CCNC2. The highest BCUT2D eigenvalue weighted by Gasteiger charge is 2.40. The fourth-order valence-corrected chi connectivity index (χ4v) is 2.29. The minimum Gasteiger partial charge on any atom is -0.322 e. The second-order valence-corrected chi connectivity index (χ2v) is 6.05. The van der Waals surface area contributed by atoms with Gasteiger partial charge in [0.15, 0.2) is 0 Å². The van der Waals surface area contributed by atoms with Crippen LogP contribution in [0.15, 0.2) is 0 Å². The van der Waals surface area contributed by atoms with Gasteiger partial charge in [-0.25, -0.2) is 4.98 Å². The minimum atomic E-state index is -4.42. The van der Waals surface area contributed by atoms with Gasteiger partial charge in [-0.05, 0) is 27.9 Å². The molecule has 0 spiro atoms. The first kappa shape index (κ1) is 15.3. The molecule has 0 radical (unpaired) electrons. The number of halogens is 3. The van der Waals surface area contributed by atoms with Gasteiger partial charge in [0.05, 0.1) is 5.69 Å². The number of alkyl halides is 3. The summed E-state index contributed by atoms with van der Waals surface area (Å²) in [5.74, 6) is -0.777. The average molecular weight is 290 g/mol. The number of aromatic nitrogens is 2. The Morgan fingerprint density at radius 1 is 1.30 bits per heavy atom. The van der Waals surface area contributed by atoms with Crippen LogP contribution >= 0.6 is 0 Å². The molecule has 1 aromatic rings. The van der Waals surface area contributed by atoms with E-state index in [1.165, 1.54) is 4.57 Å². The van der Waals surface area contributed by atoms with Crippen LogP contribution in [0.2, 0.25) is 0 Å². The lowest BCUT2D eigenvalue weighted by atomic mass is 10.0. The van der Waals surface area contributed by atoms with Gasteiger partial charge in [0.1, 0.15) is 0 Å². The molecular weight excluding hydrogens is 269 g/mol. The molecule has 0 unspecified atom stereocenters. The quantitative estimate of drug-likeness (QED) is 0.923. The molecule has 4 nitrogen and oxygen atoms in total. The molecule has 0 saturated carbocycles. The van der Waals surface area contributed by atoms with Gasteiger partial charge >= 0.3 is 6.18 Å². The first-order valence-corrected chi connectivity index (χ1v) is 6.66. The van der Waals surface area contributed by atoms with Crippen molar-refractivity contribution in [3.8, 4) is 0 Å². The Labute approximate surface area is 117 Å². The fraction of sp³-hybridized carbons (Fsp3) is 0.769. The summed E-state index contributed by atoms with van der Waals surface area (Å²) >= 11 is 0. The molecule has 2 rings (SSSR count). The van der Waals surface area contributed by atoms with Gasteiger partial charge in [-0.2, -0.15) is 13.2 Å². The predicted octanol–water partition coefficient (Wildman–Crippen LogP) is 1.89. The topological polar surface area (TPSA) is 33.1 Å². The lowest BCUT2D eigenvalue weighted by Gasteiger charge is -2.34. The molecule has 0 atom stereocenters. The third-order valence-corrected chi connectivity index (χ3v) is 4.00. The number of likely N-dealkylation sites (N-methyl/N-ethyl adjacent to an activating group) is 1. The van der Waals surface area contributed by atoms with E-state index in [4.69, 9.17) is 0 Å². The lowest BCUT2D eigenvalue weighted by molar-refractivity contribution is -0.148. The zero-order valence-electron chi connectivity index (χ0n) is 12.3. The molecule has 0 saturated heterocycles. The first-order chi connectivity index (χ1) is 9.13. The summed E-state index contributed by atoms with van der Waals surface area (Å²) < 4.78 is 40.9. The van der Waals surface area contributed by atoms with E-state index >= 15 is 0 Å². The average Bonchev–Trinajstić information content (AvgIpc) is 2.67. The number of rotatable bonds is 3. The highest BCUT2D eigenvalue weighted by atomic mass is 19.4. The molecule has 0 fully saturated rings. The van der Waals surface area contributed by atoms with Gasteiger partial charge in [-0.15, -0.1) is 0 Å². The molecule has 2 heterocycles. The van der Waals surface area contributed by atoms with Gasteiger partial charge in [0, 0.05) is 37.3 Å². The van der Waals surface area contributed by atoms with Crippen molar-refractivity contribution in [3.63, 3.8) is 0 Å². The number of hydrogen-bond acceptors (Lipinski definition) is 3. The Hall–Kier alpha value is -1.08. The summed E-state index contributed by atoms with van der Waals surface area (Å²) in [5.41, 5.74) is 0.864. The van der Waals surface area contributed by atoms with E-state index in [-0.39, 0.29) is 12.1 Å². The molecule has 0 aromatic carbocycles. The van der Waals surface area contributed by atoms with Crippen LogP contribution in [0.25, 0.3) is 0 Å². The molecule has 0 amide bonds. The molecular formula is C13H21F3N4. The van der Waals surface area contributed by atoms with Crippen LogP contribution in [-0.2, 0) is 25.7 Å². The van der Waals surface area contributed by atoms with Crippen molar-refractivity contribution in [2.24, 2.45) is 0 Å². The van der Waals surface area contributed by atoms with Crippen LogP contribution < -0.4 is 5.32 Å². The summed E-state index contributed by atoms with van der Waals surface area (Å²) in [4.78, 5) is 5.75. The molecule has 7 heteroatoms. The third kappa shape index (κ3) is 2.83. The Morgan fingerprint density at radius 3 is 2.50 bits per heavy atom. The van der Waals surface area contributed by atoms with Gasteiger partial charge in [-0.3, -0.25) is 0 Å². The fourth-order valence-electron chi connectivity index (χ4n) is 2.29. The lowest BCUT2D eigenvalue weighted by Crippen LogP contribution is -2.43. The van der Waals surface area contributed by atoms with E-state index in [2.05, 4.69) is 10.3 Å². The van der Waals surface area contributed by atoms with Crippen LogP contribution in [-0.4, -0.2) is 40.6 Å². The standard InChI is InChI=1S/C13H21F3N4/c1-12(2,19(3)4)8-20-10-5-6-17-7-9(10)18-11(20)13(14,15)16/h17H,5-8H2,1-4H3. The van der Waals surface area contributed by atoms with Crippen LogP contribution in [0.4, 0.5) is 13.2 Å². The maximum absolute atomic E-state index is 13.2. The summed E-state index contributed by atoms with van der Waals surface area (Å²) in [6.45, 7) is 5.24. The molecule has 20 heavy (non-hydrogen) atoms. The number of fused-ring (bicyclic) bond motifs is 1. The second kappa shape index (κ2) is 5.04. The van der Waals surface area contributed by atoms with Crippen LogP contribution in [0.1, 0.15) is 31.1 Å². The minimum absolute atomic E-state index is 0.275. The number of nitrogens with zero attached hydrogens (tertiary/aromatic N) is 3. The van der Waals surface area contributed by atoms with E-state index in [0.29, 0.717) is 30.9 Å². The first-order valence-electron chi connectivity index (χ1n) is 6.66. The molecule has 0 bridgehead atoms. The van der Waals surface area contributed by atoms with Crippen LogP contribution in [0.5, 0.6) is 0 Å². The zero-order valence-corrected chi connectivity index (χ0v) is 12.3. The molecule has 0 aliphatic carbocycles. The summed E-state index contributed by atoms with van der Waals surface area (Å²) in [6, 6.07) is 0. The van der Waals surface area contributed by atoms with Crippen LogP contribution in [0, 0.1) is 0 Å². The molecule has 1 aromatic heterocycles.